The molecule has 3 rings (SSSR count). The van der Waals surface area contributed by atoms with Crippen molar-refractivity contribution in [2.75, 3.05) is 33.4 Å². The Bertz CT molecular complexity index is 609. The molecule has 138 valence electrons. The Morgan fingerprint density at radius 2 is 1.88 bits per heavy atom. The molecule has 1 amide bonds. The van der Waals surface area contributed by atoms with Crippen molar-refractivity contribution in [3.05, 3.63) is 35.4 Å². The van der Waals surface area contributed by atoms with Gasteiger partial charge in [-0.3, -0.25) is 4.79 Å². The number of methoxy groups -OCH3 is 1. The smallest absolute Gasteiger partial charge is 0.381 e. The number of hydrogen-bond donors (Lipinski definition) is 0. The number of likely N-dealkylation sites (tertiary alicyclic amines) is 1. The number of amides is 1. The van der Waals surface area contributed by atoms with Gasteiger partial charge in [-0.2, -0.15) is 13.2 Å². The van der Waals surface area contributed by atoms with Gasteiger partial charge in [0.05, 0.1) is 5.56 Å². The van der Waals surface area contributed by atoms with Crippen molar-refractivity contribution < 1.29 is 27.4 Å². The van der Waals surface area contributed by atoms with E-state index in [-0.39, 0.29) is 11.8 Å². The van der Waals surface area contributed by atoms with Crippen LogP contribution >= 0.6 is 0 Å². The second-order valence-corrected chi connectivity index (χ2v) is 6.67. The molecular formula is C18H22F3NO3. The fourth-order valence-electron chi connectivity index (χ4n) is 3.66. The highest BCUT2D eigenvalue weighted by atomic mass is 19.4. The molecule has 1 unspecified atom stereocenters. The van der Waals surface area contributed by atoms with Crippen molar-refractivity contribution in [2.24, 2.45) is 0 Å². The fourth-order valence-corrected chi connectivity index (χ4v) is 3.66. The highest BCUT2D eigenvalue weighted by Crippen LogP contribution is 2.34. The number of ether oxygens (including phenoxy) is 2. The van der Waals surface area contributed by atoms with Gasteiger partial charge in [-0.25, -0.2) is 0 Å². The van der Waals surface area contributed by atoms with Gasteiger partial charge in [-0.05, 0) is 24.1 Å². The third-order valence-electron chi connectivity index (χ3n) is 5.27. The minimum Gasteiger partial charge on any atom is -0.381 e. The number of hydrogen-bond acceptors (Lipinski definition) is 3. The maximum absolute atomic E-state index is 12.9. The van der Waals surface area contributed by atoms with Crippen molar-refractivity contribution >= 4 is 5.91 Å². The summed E-state index contributed by atoms with van der Waals surface area (Å²) in [4.78, 5) is 14.7. The van der Waals surface area contributed by atoms with Crippen LogP contribution in [0.5, 0.6) is 0 Å². The largest absolute Gasteiger partial charge is 0.416 e. The summed E-state index contributed by atoms with van der Waals surface area (Å²) in [7, 11) is 1.55. The van der Waals surface area contributed by atoms with E-state index in [1.807, 2.05) is 0 Å². The normalized spacial score (nSPS) is 23.7. The number of carbonyl (C=O) groups is 1. The Hall–Kier alpha value is -1.60. The van der Waals surface area contributed by atoms with Gasteiger partial charge in [-0.15, -0.1) is 0 Å². The highest BCUT2D eigenvalue weighted by molar-refractivity contribution is 5.85. The van der Waals surface area contributed by atoms with E-state index in [2.05, 4.69) is 0 Å². The molecule has 2 heterocycles. The van der Waals surface area contributed by atoms with E-state index in [0.717, 1.165) is 24.1 Å². The lowest BCUT2D eigenvalue weighted by Gasteiger charge is -2.37. The summed E-state index contributed by atoms with van der Waals surface area (Å²) in [6.45, 7) is 2.10. The van der Waals surface area contributed by atoms with E-state index in [4.69, 9.17) is 9.47 Å². The van der Waals surface area contributed by atoms with Gasteiger partial charge in [0.2, 0.25) is 0 Å². The van der Waals surface area contributed by atoms with Crippen molar-refractivity contribution in [1.29, 1.82) is 0 Å². The van der Waals surface area contributed by atoms with Crippen LogP contribution in [0.1, 0.15) is 36.3 Å². The Kier molecular flexibility index (Phi) is 5.06. The average Bonchev–Trinajstić information content (AvgIpc) is 3.11. The Balaban J connectivity index is 1.68. The first-order valence-corrected chi connectivity index (χ1v) is 8.45. The minimum atomic E-state index is -4.33. The summed E-state index contributed by atoms with van der Waals surface area (Å²) < 4.78 is 48.9. The van der Waals surface area contributed by atoms with Crippen LogP contribution in [0.25, 0.3) is 0 Å². The van der Waals surface area contributed by atoms with Crippen LogP contribution in [0.4, 0.5) is 13.2 Å². The third-order valence-corrected chi connectivity index (χ3v) is 5.27. The molecule has 0 bridgehead atoms. The van der Waals surface area contributed by atoms with Gasteiger partial charge in [0.15, 0.2) is 5.60 Å². The molecule has 2 fully saturated rings. The molecule has 7 heteroatoms. The molecule has 0 N–H and O–H groups in total. The predicted molar refractivity (Wildman–Crippen MR) is 85.2 cm³/mol. The van der Waals surface area contributed by atoms with Crippen molar-refractivity contribution in [3.63, 3.8) is 0 Å². The standard InChI is InChI=1S/C18H22F3NO3/c1-24-17(7-10-25-11-8-17)16(23)22-9-6-14(12-22)13-2-4-15(5-3-13)18(19,20)21/h2-5,14H,6-12H2,1H3. The maximum atomic E-state index is 12.9. The minimum absolute atomic E-state index is 0.0345. The van der Waals surface area contributed by atoms with Crippen molar-refractivity contribution in [2.45, 2.75) is 37.0 Å². The Labute approximate surface area is 144 Å². The molecule has 0 aromatic heterocycles. The monoisotopic (exact) mass is 357 g/mol. The zero-order valence-corrected chi connectivity index (χ0v) is 14.1. The predicted octanol–water partition coefficient (Wildman–Crippen LogP) is 3.22. The lowest BCUT2D eigenvalue weighted by Crippen LogP contribution is -2.52. The second kappa shape index (κ2) is 6.96. The summed E-state index contributed by atoms with van der Waals surface area (Å²) in [6, 6.07) is 5.24. The topological polar surface area (TPSA) is 38.8 Å². The van der Waals surface area contributed by atoms with E-state index < -0.39 is 17.3 Å². The molecule has 1 aromatic rings. The molecule has 1 aromatic carbocycles. The fraction of sp³-hybridized carbons (Fsp3) is 0.611. The van der Waals surface area contributed by atoms with Gasteiger partial charge in [0.1, 0.15) is 0 Å². The molecule has 2 aliphatic heterocycles. The second-order valence-electron chi connectivity index (χ2n) is 6.67. The first-order chi connectivity index (χ1) is 11.9. The van der Waals surface area contributed by atoms with E-state index in [1.165, 1.54) is 12.1 Å². The van der Waals surface area contributed by atoms with Crippen LogP contribution in [-0.4, -0.2) is 49.8 Å². The Morgan fingerprint density at radius 3 is 2.44 bits per heavy atom. The zero-order chi connectivity index (χ0) is 18.1. The van der Waals surface area contributed by atoms with Gasteiger partial charge in [0.25, 0.3) is 5.91 Å². The molecule has 25 heavy (non-hydrogen) atoms. The van der Waals surface area contributed by atoms with Crippen LogP contribution in [-0.2, 0) is 20.4 Å². The van der Waals surface area contributed by atoms with Crippen LogP contribution in [0.3, 0.4) is 0 Å². The number of benzene rings is 1. The lowest BCUT2D eigenvalue weighted by molar-refractivity contribution is -0.165. The molecule has 1 atom stereocenters. The van der Waals surface area contributed by atoms with Crippen LogP contribution in [0.15, 0.2) is 24.3 Å². The first kappa shape index (κ1) is 18.2. The molecular weight excluding hydrogens is 335 g/mol. The highest BCUT2D eigenvalue weighted by Gasteiger charge is 2.44. The molecule has 0 spiro atoms. The summed E-state index contributed by atoms with van der Waals surface area (Å²) in [6.07, 6.45) is -2.52. The number of alkyl halides is 3. The summed E-state index contributed by atoms with van der Waals surface area (Å²) >= 11 is 0. The summed E-state index contributed by atoms with van der Waals surface area (Å²) in [5.41, 5.74) is -0.641. The Morgan fingerprint density at radius 1 is 1.24 bits per heavy atom. The molecule has 0 saturated carbocycles. The summed E-state index contributed by atoms with van der Waals surface area (Å²) in [5, 5.41) is 0. The lowest BCUT2D eigenvalue weighted by atomic mass is 9.92. The molecule has 4 nitrogen and oxygen atoms in total. The first-order valence-electron chi connectivity index (χ1n) is 8.45. The van der Waals surface area contributed by atoms with E-state index in [0.29, 0.717) is 39.1 Å². The number of nitrogens with zero attached hydrogens (tertiary/aromatic N) is 1. The van der Waals surface area contributed by atoms with Gasteiger partial charge in [0, 0.05) is 52.2 Å². The molecule has 2 aliphatic rings. The van der Waals surface area contributed by atoms with Crippen molar-refractivity contribution in [3.8, 4) is 0 Å². The van der Waals surface area contributed by atoms with E-state index >= 15 is 0 Å². The summed E-state index contributed by atoms with van der Waals surface area (Å²) in [5.74, 6) is 0.0210. The number of rotatable bonds is 3. The average molecular weight is 357 g/mol. The van der Waals surface area contributed by atoms with Gasteiger partial charge < -0.3 is 14.4 Å². The van der Waals surface area contributed by atoms with Crippen molar-refractivity contribution in [1.82, 2.24) is 4.90 Å². The maximum Gasteiger partial charge on any atom is 0.416 e. The van der Waals surface area contributed by atoms with Crippen LogP contribution in [0.2, 0.25) is 0 Å². The van der Waals surface area contributed by atoms with Crippen LogP contribution < -0.4 is 0 Å². The van der Waals surface area contributed by atoms with E-state index in [9.17, 15) is 18.0 Å². The van der Waals surface area contributed by atoms with Crippen LogP contribution in [0, 0.1) is 0 Å². The third kappa shape index (κ3) is 3.67. The molecule has 0 radical (unpaired) electrons. The molecule has 2 saturated heterocycles. The SMILES string of the molecule is COC1(C(=O)N2CCC(c3ccc(C(F)(F)F)cc3)C2)CCOCC1. The molecule has 0 aliphatic carbocycles. The number of carbonyl (C=O) groups excluding carboxylic acids is 1. The number of halogens is 3. The quantitative estimate of drug-likeness (QED) is 0.834. The van der Waals surface area contributed by atoms with Gasteiger partial charge >= 0.3 is 6.18 Å². The van der Waals surface area contributed by atoms with E-state index in [1.54, 1.807) is 12.0 Å². The van der Waals surface area contributed by atoms with Gasteiger partial charge in [-0.1, -0.05) is 12.1 Å². The zero-order valence-electron chi connectivity index (χ0n) is 14.1.